The highest BCUT2D eigenvalue weighted by Crippen LogP contribution is 2.13. The molecular weight excluding hydrogens is 197 g/mol. The lowest BCUT2D eigenvalue weighted by Crippen LogP contribution is -2.19. The van der Waals surface area contributed by atoms with Gasteiger partial charge in [-0.05, 0) is 26.3 Å². The molecule has 0 saturated carbocycles. The summed E-state index contributed by atoms with van der Waals surface area (Å²) >= 11 is 0.411. The zero-order valence-corrected chi connectivity index (χ0v) is 11.6. The summed E-state index contributed by atoms with van der Waals surface area (Å²) in [4.78, 5) is 0. The van der Waals surface area contributed by atoms with Crippen LogP contribution in [-0.2, 0) is 0 Å². The Kier molecular flexibility index (Phi) is 4.70. The molecule has 1 aromatic carbocycles. The van der Waals surface area contributed by atoms with Crippen molar-refractivity contribution in [1.29, 1.82) is 0 Å². The molecule has 0 aliphatic rings. The summed E-state index contributed by atoms with van der Waals surface area (Å²) in [6.07, 6.45) is 0. The van der Waals surface area contributed by atoms with E-state index in [0.717, 1.165) is 4.78 Å². The number of anilines is 1. The third-order valence-electron chi connectivity index (χ3n) is 2.23. The van der Waals surface area contributed by atoms with Crippen LogP contribution in [0.5, 0.6) is 0 Å². The highest BCUT2D eigenvalue weighted by atomic mass is 27.1. The fourth-order valence-electron chi connectivity index (χ4n) is 1.59. The largest absolute Gasteiger partial charge is 0.383 e. The molecule has 0 bridgehead atoms. The third-order valence-corrected chi connectivity index (χ3v) is 3.64. The smallest absolute Gasteiger partial charge is 0.253 e. The van der Waals surface area contributed by atoms with Gasteiger partial charge >= 0.3 is 0 Å². The van der Waals surface area contributed by atoms with Crippen molar-refractivity contribution < 1.29 is 0 Å². The molecule has 1 nitrogen and oxygen atoms in total. The maximum absolute atomic E-state index is 3.50. The van der Waals surface area contributed by atoms with Gasteiger partial charge in [0.05, 0.1) is 0 Å². The van der Waals surface area contributed by atoms with Crippen molar-refractivity contribution in [2.24, 2.45) is 0 Å². The summed E-state index contributed by atoms with van der Waals surface area (Å²) < 4.78 is 2.32. The normalized spacial score (nSPS) is 10.9. The first-order valence-electron chi connectivity index (χ1n) is 5.71. The zero-order valence-electron chi connectivity index (χ0n) is 10.5. The third kappa shape index (κ3) is 4.28. The molecule has 1 radical (unpaired) electrons. The summed E-state index contributed by atoms with van der Waals surface area (Å²) in [5, 5.41) is 3.50. The van der Waals surface area contributed by atoms with Crippen LogP contribution in [0, 0.1) is 6.92 Å². The van der Waals surface area contributed by atoms with E-state index in [9.17, 15) is 0 Å². The van der Waals surface area contributed by atoms with Gasteiger partial charge in [0.2, 0.25) is 0 Å². The van der Waals surface area contributed by atoms with E-state index in [1.807, 2.05) is 0 Å². The van der Waals surface area contributed by atoms with E-state index in [4.69, 9.17) is 0 Å². The first-order chi connectivity index (χ1) is 6.99. The van der Waals surface area contributed by atoms with Gasteiger partial charge in [-0.2, -0.15) is 0 Å². The maximum atomic E-state index is 3.50. The Morgan fingerprint density at radius 2 is 1.80 bits per heavy atom. The summed E-state index contributed by atoms with van der Waals surface area (Å²) in [6, 6.07) is 7.34. The van der Waals surface area contributed by atoms with Crippen molar-refractivity contribution >= 4 is 25.3 Å². The molecule has 0 fully saturated rings. The van der Waals surface area contributed by atoms with Crippen molar-refractivity contribution in [2.75, 3.05) is 5.32 Å². The minimum Gasteiger partial charge on any atom is -0.383 e. The highest BCUT2D eigenvalue weighted by molar-refractivity contribution is 6.54. The fourth-order valence-corrected chi connectivity index (χ4v) is 2.83. The second-order valence-corrected chi connectivity index (χ2v) is 7.12. The molecule has 0 atom stereocenters. The maximum Gasteiger partial charge on any atom is 0.253 e. The lowest BCUT2D eigenvalue weighted by Gasteiger charge is -2.14. The molecule has 0 heterocycles. The average Bonchev–Trinajstić information content (AvgIpc) is 2.09. The summed E-state index contributed by atoms with van der Waals surface area (Å²) in [5.41, 5.74) is 2.64. The molecule has 0 saturated heterocycles. The van der Waals surface area contributed by atoms with Crippen LogP contribution in [0.15, 0.2) is 18.2 Å². The minimum absolute atomic E-state index is 0.411. The number of hydrogen-bond donors (Lipinski definition) is 1. The van der Waals surface area contributed by atoms with Gasteiger partial charge in [0.25, 0.3) is 15.2 Å². The Morgan fingerprint density at radius 1 is 1.13 bits per heavy atom. The number of aryl methyl sites for hydroxylation is 1. The quantitative estimate of drug-likeness (QED) is 0.766. The van der Waals surface area contributed by atoms with Crippen LogP contribution in [0.1, 0.15) is 33.3 Å². The lowest BCUT2D eigenvalue weighted by atomic mass is 10.2. The Balaban J connectivity index is 2.85. The van der Waals surface area contributed by atoms with Crippen LogP contribution in [0.4, 0.5) is 5.69 Å². The van der Waals surface area contributed by atoms with Crippen molar-refractivity contribution in [3.63, 3.8) is 0 Å². The predicted molar refractivity (Wildman–Crippen MR) is 70.4 cm³/mol. The van der Waals surface area contributed by atoms with Gasteiger partial charge in [-0.3, -0.25) is 0 Å². The standard InChI is InChI=1S/C10H14N.C3H7.Al/c1-8(2)11-10-7-5-4-6-9(10)3;1-3-2;/h4,6-8,11H,1-3H3;3H,1-2H3;. The van der Waals surface area contributed by atoms with Crippen molar-refractivity contribution in [3.8, 4) is 0 Å². The molecule has 1 rings (SSSR count). The van der Waals surface area contributed by atoms with E-state index in [0.29, 0.717) is 21.3 Å². The monoisotopic (exact) mass is 218 g/mol. The van der Waals surface area contributed by atoms with E-state index >= 15 is 0 Å². The Hall–Kier alpha value is -0.448. The van der Waals surface area contributed by atoms with E-state index in [-0.39, 0.29) is 0 Å². The molecule has 0 unspecified atom stereocenters. The van der Waals surface area contributed by atoms with E-state index < -0.39 is 0 Å². The Labute approximate surface area is 100.0 Å². The molecule has 15 heavy (non-hydrogen) atoms. The lowest BCUT2D eigenvalue weighted by molar-refractivity contribution is 0.898. The zero-order chi connectivity index (χ0) is 11.4. The minimum atomic E-state index is 0.411. The van der Waals surface area contributed by atoms with Crippen molar-refractivity contribution in [3.05, 3.63) is 23.8 Å². The number of hydrogen-bond acceptors (Lipinski definition) is 1. The number of benzene rings is 1. The van der Waals surface area contributed by atoms with Crippen LogP contribution in [0.2, 0.25) is 4.78 Å². The van der Waals surface area contributed by atoms with E-state index in [1.165, 1.54) is 15.7 Å². The SMILES string of the molecule is Cc1cc[c]([Al][CH](C)C)cc1NC(C)C. The Bertz CT molecular complexity index is 318. The second kappa shape index (κ2) is 5.59. The molecule has 1 aromatic rings. The van der Waals surface area contributed by atoms with Crippen LogP contribution < -0.4 is 9.74 Å². The molecule has 2 heteroatoms. The van der Waals surface area contributed by atoms with Crippen LogP contribution in [0.25, 0.3) is 0 Å². The van der Waals surface area contributed by atoms with Crippen LogP contribution >= 0.6 is 0 Å². The number of rotatable bonds is 4. The average molecular weight is 218 g/mol. The van der Waals surface area contributed by atoms with Gasteiger partial charge in [-0.15, -0.1) is 4.43 Å². The van der Waals surface area contributed by atoms with Crippen molar-refractivity contribution in [2.45, 2.75) is 45.4 Å². The first-order valence-corrected chi connectivity index (χ1v) is 6.95. The van der Waals surface area contributed by atoms with Crippen molar-refractivity contribution in [1.82, 2.24) is 0 Å². The summed E-state index contributed by atoms with van der Waals surface area (Å²) in [7, 11) is 0. The molecular formula is C13H21AlN. The second-order valence-electron chi connectivity index (χ2n) is 4.78. The molecule has 0 aromatic heterocycles. The first kappa shape index (κ1) is 12.6. The molecule has 1 N–H and O–H groups in total. The highest BCUT2D eigenvalue weighted by Gasteiger charge is 2.05. The van der Waals surface area contributed by atoms with E-state index in [2.05, 4.69) is 58.1 Å². The van der Waals surface area contributed by atoms with Gasteiger partial charge in [-0.1, -0.05) is 36.8 Å². The number of nitrogens with one attached hydrogen (secondary N) is 1. The molecule has 81 valence electrons. The summed E-state index contributed by atoms with van der Waals surface area (Å²) in [6.45, 7) is 11.1. The molecule has 0 aliphatic heterocycles. The topological polar surface area (TPSA) is 12.0 Å². The van der Waals surface area contributed by atoms with Gasteiger partial charge in [0.15, 0.2) is 0 Å². The van der Waals surface area contributed by atoms with Gasteiger partial charge < -0.3 is 5.32 Å². The van der Waals surface area contributed by atoms with Crippen LogP contribution in [-0.4, -0.2) is 21.3 Å². The Morgan fingerprint density at radius 3 is 2.33 bits per heavy atom. The summed E-state index contributed by atoms with van der Waals surface area (Å²) in [5.74, 6) is 0. The van der Waals surface area contributed by atoms with Gasteiger partial charge in [0, 0.05) is 11.7 Å². The van der Waals surface area contributed by atoms with Crippen LogP contribution in [0.3, 0.4) is 0 Å². The van der Waals surface area contributed by atoms with Gasteiger partial charge in [0.1, 0.15) is 0 Å². The fraction of sp³-hybridized carbons (Fsp3) is 0.538. The molecule has 0 amide bonds. The predicted octanol–water partition coefficient (Wildman–Crippen LogP) is 2.97. The molecule has 0 aliphatic carbocycles. The molecule has 0 spiro atoms. The van der Waals surface area contributed by atoms with E-state index in [1.54, 1.807) is 0 Å². The van der Waals surface area contributed by atoms with Gasteiger partial charge in [-0.25, -0.2) is 0 Å².